The molecule has 1 saturated heterocycles. The van der Waals surface area contributed by atoms with Crippen molar-refractivity contribution in [2.75, 3.05) is 33.4 Å². The van der Waals surface area contributed by atoms with Gasteiger partial charge in [0.1, 0.15) is 0 Å². The molecule has 0 aromatic carbocycles. The molecule has 1 aliphatic heterocycles. The normalized spacial score (nSPS) is 24.3. The molecule has 1 heterocycles. The van der Waals surface area contributed by atoms with E-state index >= 15 is 0 Å². The lowest BCUT2D eigenvalue weighted by Crippen LogP contribution is -2.45. The van der Waals surface area contributed by atoms with Crippen LogP contribution < -0.4 is 5.48 Å². The van der Waals surface area contributed by atoms with E-state index in [4.69, 9.17) is 4.74 Å². The number of nitrogens with one attached hydrogen (secondary N) is 1. The Balaban J connectivity index is 2.23. The molecule has 0 aliphatic carbocycles. The third kappa shape index (κ3) is 3.71. The zero-order chi connectivity index (χ0) is 9.68. The van der Waals surface area contributed by atoms with E-state index in [9.17, 15) is 4.79 Å². The van der Waals surface area contributed by atoms with Gasteiger partial charge in [-0.15, -0.1) is 0 Å². The molecule has 1 aliphatic rings. The van der Waals surface area contributed by atoms with E-state index in [-0.39, 0.29) is 12.0 Å². The Hall–Kier alpha value is -0.650. The zero-order valence-electron chi connectivity index (χ0n) is 8.08. The Morgan fingerprint density at radius 2 is 2.54 bits per heavy atom. The molecule has 1 fully saturated rings. The molecule has 5 nitrogen and oxygen atoms in total. The molecule has 1 N–H and O–H groups in total. The van der Waals surface area contributed by atoms with E-state index in [1.165, 1.54) is 7.11 Å². The van der Waals surface area contributed by atoms with E-state index in [0.29, 0.717) is 13.2 Å². The van der Waals surface area contributed by atoms with Gasteiger partial charge in [0.05, 0.1) is 26.4 Å². The third-order valence-corrected chi connectivity index (χ3v) is 1.91. The van der Waals surface area contributed by atoms with Gasteiger partial charge < -0.3 is 4.74 Å². The summed E-state index contributed by atoms with van der Waals surface area (Å²) in [6, 6.07) is 0. The summed E-state index contributed by atoms with van der Waals surface area (Å²) in [6.45, 7) is 4.68. The van der Waals surface area contributed by atoms with Crippen molar-refractivity contribution in [1.29, 1.82) is 0 Å². The van der Waals surface area contributed by atoms with E-state index in [2.05, 4.69) is 10.3 Å². The molecule has 1 amide bonds. The average molecular weight is 188 g/mol. The predicted molar refractivity (Wildman–Crippen MR) is 47.0 cm³/mol. The van der Waals surface area contributed by atoms with Gasteiger partial charge in [-0.05, 0) is 6.92 Å². The largest absolute Gasteiger partial charge is 0.376 e. The Bertz CT molecular complexity index is 175. The summed E-state index contributed by atoms with van der Waals surface area (Å²) < 4.78 is 5.34. The predicted octanol–water partition coefficient (Wildman–Crippen LogP) is -0.615. The minimum absolute atomic E-state index is 0.114. The maximum atomic E-state index is 11.1. The van der Waals surface area contributed by atoms with Gasteiger partial charge in [0.25, 0.3) is 5.91 Å². The summed E-state index contributed by atoms with van der Waals surface area (Å²) in [5, 5.41) is 0. The SMILES string of the molecule is CONC(=O)CN1CCO[C@@H](C)C1. The number of carbonyl (C=O) groups excluding carboxylic acids is 1. The quantitative estimate of drug-likeness (QED) is 0.600. The van der Waals surface area contributed by atoms with Gasteiger partial charge in [-0.3, -0.25) is 14.5 Å². The highest BCUT2D eigenvalue weighted by Gasteiger charge is 2.18. The molecule has 1 atom stereocenters. The lowest BCUT2D eigenvalue weighted by molar-refractivity contribution is -0.134. The van der Waals surface area contributed by atoms with E-state index < -0.39 is 0 Å². The molecule has 13 heavy (non-hydrogen) atoms. The van der Waals surface area contributed by atoms with Crippen LogP contribution in [0.25, 0.3) is 0 Å². The fraction of sp³-hybridized carbons (Fsp3) is 0.875. The first-order valence-corrected chi connectivity index (χ1v) is 4.38. The summed E-state index contributed by atoms with van der Waals surface area (Å²) in [7, 11) is 1.43. The van der Waals surface area contributed by atoms with Gasteiger partial charge in [-0.25, -0.2) is 5.48 Å². The van der Waals surface area contributed by atoms with E-state index in [1.54, 1.807) is 0 Å². The van der Waals surface area contributed by atoms with Gasteiger partial charge in [0.15, 0.2) is 0 Å². The molecule has 5 heteroatoms. The first kappa shape index (κ1) is 10.4. The van der Waals surface area contributed by atoms with Gasteiger partial charge in [0, 0.05) is 13.1 Å². The summed E-state index contributed by atoms with van der Waals surface area (Å²) in [5.41, 5.74) is 2.29. The molecule has 0 radical (unpaired) electrons. The van der Waals surface area contributed by atoms with Crippen molar-refractivity contribution in [1.82, 2.24) is 10.4 Å². The number of hydrogen-bond donors (Lipinski definition) is 1. The maximum absolute atomic E-state index is 11.1. The highest BCUT2D eigenvalue weighted by atomic mass is 16.6. The number of hydroxylamine groups is 1. The Morgan fingerprint density at radius 1 is 1.77 bits per heavy atom. The van der Waals surface area contributed by atoms with Crippen molar-refractivity contribution >= 4 is 5.91 Å². The zero-order valence-corrected chi connectivity index (χ0v) is 8.08. The highest BCUT2D eigenvalue weighted by molar-refractivity contribution is 5.76. The first-order valence-electron chi connectivity index (χ1n) is 4.38. The van der Waals surface area contributed by atoms with Crippen molar-refractivity contribution in [3.8, 4) is 0 Å². The first-order chi connectivity index (χ1) is 6.22. The van der Waals surface area contributed by atoms with Crippen LogP contribution in [0.2, 0.25) is 0 Å². The molecular formula is C8H16N2O3. The number of ether oxygens (including phenoxy) is 1. The van der Waals surface area contributed by atoms with Crippen LogP contribution in [0.15, 0.2) is 0 Å². The van der Waals surface area contributed by atoms with Crippen LogP contribution in [0.5, 0.6) is 0 Å². The average Bonchev–Trinajstić information content (AvgIpc) is 2.04. The number of morpholine rings is 1. The van der Waals surface area contributed by atoms with Crippen LogP contribution in [-0.2, 0) is 14.4 Å². The van der Waals surface area contributed by atoms with Crippen LogP contribution in [0.1, 0.15) is 6.92 Å². The highest BCUT2D eigenvalue weighted by Crippen LogP contribution is 2.02. The van der Waals surface area contributed by atoms with Crippen LogP contribution in [0, 0.1) is 0 Å². The second-order valence-electron chi connectivity index (χ2n) is 3.15. The monoisotopic (exact) mass is 188 g/mol. The van der Waals surface area contributed by atoms with Crippen LogP contribution >= 0.6 is 0 Å². The number of hydrogen-bond acceptors (Lipinski definition) is 4. The van der Waals surface area contributed by atoms with E-state index in [0.717, 1.165) is 13.1 Å². The standard InChI is InChI=1S/C8H16N2O3/c1-7-5-10(3-4-13-7)6-8(11)9-12-2/h7H,3-6H2,1-2H3,(H,9,11)/t7-/m0/s1. The lowest BCUT2D eigenvalue weighted by atomic mass is 10.3. The van der Waals surface area contributed by atoms with Crippen molar-refractivity contribution in [2.24, 2.45) is 0 Å². The molecule has 0 unspecified atom stereocenters. The van der Waals surface area contributed by atoms with Crippen molar-refractivity contribution < 1.29 is 14.4 Å². The third-order valence-electron chi connectivity index (χ3n) is 1.91. The topological polar surface area (TPSA) is 50.8 Å². The molecule has 0 spiro atoms. The van der Waals surface area contributed by atoms with Crippen LogP contribution in [0.4, 0.5) is 0 Å². The van der Waals surface area contributed by atoms with Crippen molar-refractivity contribution in [3.05, 3.63) is 0 Å². The molecule has 0 aromatic rings. The maximum Gasteiger partial charge on any atom is 0.257 e. The Morgan fingerprint density at radius 3 is 3.15 bits per heavy atom. The van der Waals surface area contributed by atoms with Crippen LogP contribution in [-0.4, -0.2) is 50.3 Å². The fourth-order valence-electron chi connectivity index (χ4n) is 1.38. The summed E-state index contributed by atoms with van der Waals surface area (Å²) in [5.74, 6) is -0.114. The minimum Gasteiger partial charge on any atom is -0.376 e. The second-order valence-corrected chi connectivity index (χ2v) is 3.15. The van der Waals surface area contributed by atoms with Crippen LogP contribution in [0.3, 0.4) is 0 Å². The Kier molecular flexibility index (Phi) is 4.14. The van der Waals surface area contributed by atoms with Gasteiger partial charge in [-0.2, -0.15) is 0 Å². The second kappa shape index (κ2) is 5.16. The smallest absolute Gasteiger partial charge is 0.257 e. The number of carbonyl (C=O) groups is 1. The van der Waals surface area contributed by atoms with Gasteiger partial charge in [0.2, 0.25) is 0 Å². The van der Waals surface area contributed by atoms with Gasteiger partial charge in [-0.1, -0.05) is 0 Å². The molecule has 0 bridgehead atoms. The van der Waals surface area contributed by atoms with E-state index in [1.807, 2.05) is 11.8 Å². The number of rotatable bonds is 3. The lowest BCUT2D eigenvalue weighted by Gasteiger charge is -2.30. The number of amides is 1. The molecular weight excluding hydrogens is 172 g/mol. The van der Waals surface area contributed by atoms with Crippen molar-refractivity contribution in [2.45, 2.75) is 13.0 Å². The summed E-state index contributed by atoms with van der Waals surface area (Å²) >= 11 is 0. The molecule has 0 saturated carbocycles. The Labute approximate surface area is 77.9 Å². The summed E-state index contributed by atoms with van der Waals surface area (Å²) in [6.07, 6.45) is 0.212. The molecule has 76 valence electrons. The number of nitrogens with zero attached hydrogens (tertiary/aromatic N) is 1. The molecule has 1 rings (SSSR count). The van der Waals surface area contributed by atoms with Gasteiger partial charge >= 0.3 is 0 Å². The van der Waals surface area contributed by atoms with Crippen molar-refractivity contribution in [3.63, 3.8) is 0 Å². The fourth-order valence-corrected chi connectivity index (χ4v) is 1.38. The minimum atomic E-state index is -0.114. The summed E-state index contributed by atoms with van der Waals surface area (Å²) in [4.78, 5) is 17.7. The molecule has 0 aromatic heterocycles.